The van der Waals surface area contributed by atoms with Crippen molar-refractivity contribution in [3.05, 3.63) is 123 Å². The van der Waals surface area contributed by atoms with Gasteiger partial charge in [0.1, 0.15) is 81.5 Å². The number of aliphatic hydroxyl groups excluding tert-OH is 6. The summed E-state index contributed by atoms with van der Waals surface area (Å²) in [4.78, 5) is 41.0. The van der Waals surface area contributed by atoms with E-state index in [4.69, 9.17) is 158 Å². The Morgan fingerprint density at radius 2 is 0.651 bits per heavy atom. The van der Waals surface area contributed by atoms with Crippen LogP contribution >= 0.6 is 0 Å². The van der Waals surface area contributed by atoms with Gasteiger partial charge in [0.05, 0.1) is 140 Å². The van der Waals surface area contributed by atoms with E-state index in [1.165, 1.54) is 110 Å². The number of aromatic hydroxyl groups is 3. The summed E-state index contributed by atoms with van der Waals surface area (Å²) in [6.07, 6.45) is -32.9. The minimum absolute atomic E-state index is 0.00207. The number of fused-ring (bicyclic) bond motifs is 12. The van der Waals surface area contributed by atoms with Crippen LogP contribution in [0.25, 0.3) is 0 Å². The summed E-state index contributed by atoms with van der Waals surface area (Å²) in [6.45, 7) is -17.0. The van der Waals surface area contributed by atoms with E-state index in [2.05, 4.69) is 0 Å². The van der Waals surface area contributed by atoms with Crippen molar-refractivity contribution in [2.45, 2.75) is 168 Å². The van der Waals surface area contributed by atoms with Gasteiger partial charge in [-0.3, -0.25) is 14.4 Å². The van der Waals surface area contributed by atoms with Crippen LogP contribution in [0.5, 0.6) is 86.2 Å². The van der Waals surface area contributed by atoms with E-state index in [-0.39, 0.29) is 114 Å². The molecule has 15 aliphatic rings. The van der Waals surface area contributed by atoms with E-state index in [1.807, 2.05) is 0 Å². The molecular formula is C87H96O39. The Balaban J connectivity index is 0.000000140. The van der Waals surface area contributed by atoms with Crippen molar-refractivity contribution in [3.63, 3.8) is 0 Å². The maximum Gasteiger partial charge on any atom is 0.310 e. The van der Waals surface area contributed by atoms with Gasteiger partial charge in [-0.05, 0) is 144 Å². The number of carbonyl (C=O) groups is 3. The van der Waals surface area contributed by atoms with Crippen LogP contribution in [0.3, 0.4) is 0 Å². The Morgan fingerprint density at radius 3 is 1.02 bits per heavy atom. The predicted molar refractivity (Wildman–Crippen MR) is 415 cm³/mol. The molecule has 0 bridgehead atoms. The molecule has 0 aromatic heterocycles. The highest BCUT2D eigenvalue weighted by Gasteiger charge is 2.61. The largest absolute Gasteiger partial charge is 0.502 e. The number of hydrogen-bond acceptors (Lipinski definition) is 39. The maximum atomic E-state index is 13.7. The summed E-state index contributed by atoms with van der Waals surface area (Å²) in [5.74, 6) is -20.1. The Labute approximate surface area is 750 Å². The number of esters is 3. The first-order valence-corrected chi connectivity index (χ1v) is 39.3. The second kappa shape index (κ2) is 34.2. The number of cyclic esters (lactones) is 3. The van der Waals surface area contributed by atoms with Crippen LogP contribution in [0.2, 0.25) is 0 Å². The van der Waals surface area contributed by atoms with Crippen molar-refractivity contribution in [1.29, 1.82) is 0 Å². The van der Waals surface area contributed by atoms with Gasteiger partial charge in [-0.15, -0.1) is 0 Å². The van der Waals surface area contributed by atoms with E-state index in [1.54, 1.807) is 0 Å². The first-order valence-electron chi connectivity index (χ1n) is 50.8. The molecule has 39 heteroatoms. The molecule has 9 saturated heterocycles. The number of ether oxygens (including phenoxy) is 27. The van der Waals surface area contributed by atoms with E-state index in [0.717, 1.165) is 12.1 Å². The van der Waals surface area contributed by atoms with Crippen LogP contribution in [0, 0.1) is 35.5 Å². The molecule has 6 aromatic carbocycles. The fourth-order valence-electron chi connectivity index (χ4n) is 18.3. The smallest absolute Gasteiger partial charge is 0.310 e. The molecular weight excluding hydrogens is 1670 g/mol. The standard InChI is InChI=1S/3C29H32O13/c3*1-11-36-9-20-27(40-11)24(31)25(32)29(41-20)42-26-14-7-17-16(38-10-39-17)6-13(14)21(22-15(26)8-37-28(22)33)12-4-18(34-2)23(30)19(5-12)35-3/h3*4-7,11,15,20-22,24-27,29-32H,8-10H2,1-3H3/t3*11-,15+,20-,21-,22+,24-,25-,26-,27-,29+/m111/s1/i8D2,9D2,10D2,21D;2D3,3D3,9D2,10D2;8D2,9D2,10D2. The summed E-state index contributed by atoms with van der Waals surface area (Å²) in [5, 5.41) is 98.6. The zero-order valence-corrected chi connectivity index (χ0v) is 66.7. The third kappa shape index (κ3) is 14.8. The van der Waals surface area contributed by atoms with Crippen molar-refractivity contribution in [2.24, 2.45) is 35.5 Å². The first-order chi connectivity index (χ1) is 69.3. The normalized spacial score (nSPS) is 43.1. The van der Waals surface area contributed by atoms with E-state index >= 15 is 0 Å². The van der Waals surface area contributed by atoms with Crippen molar-refractivity contribution >= 4 is 17.9 Å². The molecule has 6 aromatic rings. The maximum absolute atomic E-state index is 13.7. The van der Waals surface area contributed by atoms with Gasteiger partial charge in [-0.2, -0.15) is 0 Å². The molecule has 12 heterocycles. The number of rotatable bonds is 15. The highest BCUT2D eigenvalue weighted by atomic mass is 16.8. The van der Waals surface area contributed by atoms with Crippen molar-refractivity contribution in [2.75, 3.05) is 102 Å². The Morgan fingerprint density at radius 1 is 0.349 bits per heavy atom. The van der Waals surface area contributed by atoms with Crippen LogP contribution in [-0.4, -0.2) is 277 Å². The summed E-state index contributed by atoms with van der Waals surface area (Å²) in [7, 11) is -1.15. The first kappa shape index (κ1) is 62.2. The van der Waals surface area contributed by atoms with Crippen LogP contribution < -0.4 is 56.8 Å². The van der Waals surface area contributed by atoms with Gasteiger partial charge >= 0.3 is 17.9 Å². The van der Waals surface area contributed by atoms with Crippen molar-refractivity contribution < 1.29 is 220 Å². The molecule has 0 saturated carbocycles. The van der Waals surface area contributed by atoms with Gasteiger partial charge in [-0.1, -0.05) is 0 Å². The number of carbonyl (C=O) groups excluding carboxylic acids is 3. The molecule has 21 rings (SSSR count). The molecule has 0 spiro atoms. The Hall–Kier alpha value is -9.99. The van der Waals surface area contributed by atoms with Gasteiger partial charge < -0.3 is 174 Å². The molecule has 3 aliphatic carbocycles. The molecule has 30 atom stereocenters. The van der Waals surface area contributed by atoms with Crippen LogP contribution in [-0.2, 0) is 85.4 Å². The topological polar surface area (TPSA) is 482 Å². The quantitative estimate of drug-likeness (QED) is 0.0518. The predicted octanol–water partition coefficient (Wildman–Crippen LogP) is 4.02. The molecule has 678 valence electrons. The van der Waals surface area contributed by atoms with Crippen LogP contribution in [0.4, 0.5) is 0 Å². The summed E-state index contributed by atoms with van der Waals surface area (Å²) < 4.78 is 337. The summed E-state index contributed by atoms with van der Waals surface area (Å²) >= 11 is 0. The molecule has 9 fully saturated rings. The molecule has 39 nitrogen and oxygen atoms in total. The second-order valence-corrected chi connectivity index (χ2v) is 31.1. The number of methoxy groups -OCH3 is 6. The highest BCUT2D eigenvalue weighted by molar-refractivity contribution is 5.81. The number of hydrogen-bond donors (Lipinski definition) is 9. The number of phenols is 3. The third-order valence-corrected chi connectivity index (χ3v) is 24.2. The minimum Gasteiger partial charge on any atom is -0.502 e. The average Bonchev–Trinajstić information content (AvgIpc) is 1.55. The second-order valence-electron chi connectivity index (χ2n) is 31.1. The molecule has 0 amide bonds. The highest BCUT2D eigenvalue weighted by Crippen LogP contribution is 2.62. The SMILES string of the molecule is [2H]C([2H])([2H])Oc1cc([C@@H]2c3cc4c(cc3[C@@H](O[C@@H]3O[C@H]5[C@@H](O[C@H](C)OC5([2H])[2H])[C@H](O)[C@H]3O)[C@H]3COC(=O)[C@H]23)OC([2H])([2H])O4)cc(OC([2H])([2H])[2H])c1O.[2H]C1([2H])Oc2cc3c(cc2O1)[C@@H](O[C@@H]1O[C@H]2[C@@H](O[C@H](C)OC2([2H])[2H])[C@H](O)[C@H]1O)[C@@H]1[C@H](C(=O)OC1([2H])[2H])[C@@H]3c1cc(OC)c(O)c(OC)c1.[2H]C1([2H])Oc2cc3c(cc2O1)[C@@]([2H])(c1cc(OC)c(O)c(OC)c1)[C@H]1C(=O)OC([2H])([2H])[C@@H]1[C@@H]3O[C@@H]1O[C@H]2[C@@H](O[C@H](C)OC2([2H])[2H])[C@H](O)[C@H]1O. The number of phenolic OH excluding ortho intramolecular Hbond substituents is 3. The fraction of sp³-hybridized carbons (Fsp3) is 0.552. The summed E-state index contributed by atoms with van der Waals surface area (Å²) in [6, 6.07) is 15.4. The monoisotopic (exact) mass is 1790 g/mol. The Bertz CT molecular complexity index is 6160. The van der Waals surface area contributed by atoms with Gasteiger partial charge in [0.15, 0.2) is 107 Å². The van der Waals surface area contributed by atoms with Crippen LogP contribution in [0.1, 0.15) is 138 Å². The lowest BCUT2D eigenvalue weighted by atomic mass is 9.66. The average molecular weight is 1790 g/mol. The van der Waals surface area contributed by atoms with Gasteiger partial charge in [0.2, 0.25) is 37.5 Å². The number of benzene rings is 6. The van der Waals surface area contributed by atoms with Gasteiger partial charge in [-0.25, -0.2) is 0 Å². The van der Waals surface area contributed by atoms with Crippen LogP contribution in [0.15, 0.2) is 72.8 Å². The summed E-state index contributed by atoms with van der Waals surface area (Å²) in [5.41, 5.74) is 0.901. The lowest BCUT2D eigenvalue weighted by molar-refractivity contribution is -0.364. The Kier molecular flexibility index (Phi) is 16.9. The number of aliphatic hydroxyl groups is 6. The minimum atomic E-state index is -3.13. The molecule has 0 unspecified atom stereocenters. The fourth-order valence-corrected chi connectivity index (χ4v) is 18.3. The molecule has 0 radical (unpaired) electrons. The van der Waals surface area contributed by atoms with E-state index in [9.17, 15) is 61.7 Å². The zero-order valence-electron chi connectivity index (χ0n) is 89.7. The van der Waals surface area contributed by atoms with E-state index < -0.39 is 291 Å². The lowest BCUT2D eigenvalue weighted by Crippen LogP contribution is -2.63. The van der Waals surface area contributed by atoms with Gasteiger partial charge in [0, 0.05) is 36.9 Å². The van der Waals surface area contributed by atoms with Crippen molar-refractivity contribution in [1.82, 2.24) is 0 Å². The molecule has 12 aliphatic heterocycles. The van der Waals surface area contributed by atoms with Crippen molar-refractivity contribution in [3.8, 4) is 86.2 Å². The van der Waals surface area contributed by atoms with E-state index in [0.29, 0.717) is 5.56 Å². The lowest BCUT2D eigenvalue weighted by Gasteiger charge is -2.47. The zero-order chi connectivity index (χ0) is 108. The third-order valence-electron chi connectivity index (χ3n) is 24.2. The molecule has 126 heavy (non-hydrogen) atoms. The molecule has 9 N–H and O–H groups in total. The van der Waals surface area contributed by atoms with Gasteiger partial charge in [0.25, 0.3) is 0 Å².